The molecule has 1 nitrogen and oxygen atoms in total. The van der Waals surface area contributed by atoms with Crippen molar-refractivity contribution < 1.29 is 4.74 Å². The van der Waals surface area contributed by atoms with Crippen LogP contribution in [0.1, 0.15) is 42.7 Å². The summed E-state index contributed by atoms with van der Waals surface area (Å²) in [5, 5.41) is 0.0397. The summed E-state index contributed by atoms with van der Waals surface area (Å²) in [6, 6.07) is 8.50. The maximum atomic E-state index is 6.40. The minimum Gasteiger partial charge on any atom is -0.371 e. The number of epoxide rings is 1. The van der Waals surface area contributed by atoms with Gasteiger partial charge in [0.15, 0.2) is 0 Å². The highest BCUT2D eigenvalue weighted by Crippen LogP contribution is 2.35. The molecule has 2 rings (SSSR count). The minimum absolute atomic E-state index is 0.0397. The molecule has 0 radical (unpaired) electrons. The fraction of sp³-hybridized carbons (Fsp3) is 0.571. The maximum absolute atomic E-state index is 6.40. The maximum Gasteiger partial charge on any atom is 0.101 e. The molecule has 2 atom stereocenters. The van der Waals surface area contributed by atoms with E-state index in [-0.39, 0.29) is 11.5 Å². The average molecular weight is 239 g/mol. The van der Waals surface area contributed by atoms with E-state index in [0.29, 0.717) is 0 Å². The number of alkyl halides is 1. The van der Waals surface area contributed by atoms with E-state index in [1.165, 1.54) is 30.4 Å². The summed E-state index contributed by atoms with van der Waals surface area (Å²) in [4.78, 5) is 0. The van der Waals surface area contributed by atoms with Crippen molar-refractivity contribution in [3.63, 3.8) is 0 Å². The number of hydrogen-bond acceptors (Lipinski definition) is 1. The molecule has 0 bridgehead atoms. The highest BCUT2D eigenvalue weighted by Gasteiger charge is 2.33. The number of rotatable bonds is 6. The highest BCUT2D eigenvalue weighted by atomic mass is 35.5. The fourth-order valence-corrected chi connectivity index (χ4v) is 2.38. The Labute approximate surface area is 103 Å². The Morgan fingerprint density at radius 2 is 2.12 bits per heavy atom. The molecule has 1 aliphatic heterocycles. The van der Waals surface area contributed by atoms with E-state index < -0.39 is 0 Å². The lowest BCUT2D eigenvalue weighted by molar-refractivity contribution is 0.402. The molecule has 0 aromatic heterocycles. The van der Waals surface area contributed by atoms with Crippen LogP contribution in [0.5, 0.6) is 0 Å². The molecule has 0 N–H and O–H groups in total. The number of benzene rings is 1. The molecule has 1 fully saturated rings. The van der Waals surface area contributed by atoms with E-state index in [9.17, 15) is 0 Å². The van der Waals surface area contributed by atoms with E-state index in [1.807, 2.05) is 0 Å². The summed E-state index contributed by atoms with van der Waals surface area (Å²) in [7, 11) is 0. The van der Waals surface area contributed by atoms with Crippen molar-refractivity contribution in [2.24, 2.45) is 0 Å². The first-order valence-electron chi connectivity index (χ1n) is 6.16. The average Bonchev–Trinajstić information content (AvgIpc) is 3.13. The van der Waals surface area contributed by atoms with Crippen molar-refractivity contribution in [2.45, 2.75) is 44.1 Å². The first-order valence-corrected chi connectivity index (χ1v) is 6.60. The van der Waals surface area contributed by atoms with Crippen LogP contribution < -0.4 is 0 Å². The molecular formula is C14H19ClO. The van der Waals surface area contributed by atoms with E-state index >= 15 is 0 Å². The largest absolute Gasteiger partial charge is 0.371 e. The van der Waals surface area contributed by atoms with Crippen LogP contribution in [0.15, 0.2) is 24.3 Å². The third-order valence-electron chi connectivity index (χ3n) is 3.09. The van der Waals surface area contributed by atoms with Crippen molar-refractivity contribution in [1.82, 2.24) is 0 Å². The Morgan fingerprint density at radius 1 is 1.38 bits per heavy atom. The highest BCUT2D eigenvalue weighted by molar-refractivity contribution is 6.21. The molecule has 1 saturated heterocycles. The molecule has 1 heterocycles. The Kier molecular flexibility index (Phi) is 4.25. The van der Waals surface area contributed by atoms with Crippen molar-refractivity contribution >= 4 is 11.6 Å². The first kappa shape index (κ1) is 11.9. The third-order valence-corrected chi connectivity index (χ3v) is 3.60. The summed E-state index contributed by atoms with van der Waals surface area (Å²) in [6.07, 6.45) is 5.19. The predicted molar refractivity (Wildman–Crippen MR) is 68.0 cm³/mol. The molecule has 0 amide bonds. The second kappa shape index (κ2) is 5.70. The van der Waals surface area contributed by atoms with Crippen LogP contribution >= 0.6 is 11.6 Å². The lowest BCUT2D eigenvalue weighted by Crippen LogP contribution is -2.03. The zero-order chi connectivity index (χ0) is 11.4. The van der Waals surface area contributed by atoms with Crippen LogP contribution in [-0.2, 0) is 11.2 Å². The zero-order valence-electron chi connectivity index (χ0n) is 9.79. The molecule has 0 saturated carbocycles. The molecule has 1 aromatic rings. The topological polar surface area (TPSA) is 12.5 Å². The molecular weight excluding hydrogens is 220 g/mol. The standard InChI is InChI=1S/C14H19ClO/c1-2-3-4-7-11-8-5-6-9-12(11)14(15)13-10-16-13/h5-6,8-9,13-14H,2-4,7,10H2,1H3. The molecule has 0 aliphatic carbocycles. The van der Waals surface area contributed by atoms with Gasteiger partial charge >= 0.3 is 0 Å². The lowest BCUT2D eigenvalue weighted by Gasteiger charge is -2.12. The SMILES string of the molecule is CCCCCc1ccccc1C(Cl)C1CO1. The summed E-state index contributed by atoms with van der Waals surface area (Å²) in [5.74, 6) is 0. The van der Waals surface area contributed by atoms with Gasteiger partial charge in [-0.25, -0.2) is 0 Å². The van der Waals surface area contributed by atoms with Crippen molar-refractivity contribution in [2.75, 3.05) is 6.61 Å². The van der Waals surface area contributed by atoms with Gasteiger partial charge in [0.2, 0.25) is 0 Å². The second-order valence-electron chi connectivity index (χ2n) is 4.43. The predicted octanol–water partition coefficient (Wildman–Crippen LogP) is 4.10. The first-order chi connectivity index (χ1) is 7.83. The fourth-order valence-electron chi connectivity index (χ4n) is 2.02. The van der Waals surface area contributed by atoms with Gasteiger partial charge in [-0.2, -0.15) is 0 Å². The summed E-state index contributed by atoms with van der Waals surface area (Å²) in [5.41, 5.74) is 2.66. The molecule has 1 aromatic carbocycles. The van der Waals surface area contributed by atoms with Gasteiger partial charge in [-0.05, 0) is 24.0 Å². The minimum atomic E-state index is 0.0397. The van der Waals surface area contributed by atoms with E-state index in [2.05, 4.69) is 31.2 Å². The van der Waals surface area contributed by atoms with Gasteiger partial charge in [0.25, 0.3) is 0 Å². The molecule has 2 heteroatoms. The molecule has 16 heavy (non-hydrogen) atoms. The molecule has 1 aliphatic rings. The Bertz CT molecular complexity index is 333. The number of unbranched alkanes of at least 4 members (excludes halogenated alkanes) is 2. The van der Waals surface area contributed by atoms with E-state index in [1.54, 1.807) is 0 Å². The summed E-state index contributed by atoms with van der Waals surface area (Å²) < 4.78 is 5.27. The van der Waals surface area contributed by atoms with Gasteiger partial charge in [0.05, 0.1) is 12.0 Å². The van der Waals surface area contributed by atoms with Gasteiger partial charge in [0, 0.05) is 0 Å². The van der Waals surface area contributed by atoms with E-state index in [0.717, 1.165) is 13.0 Å². The number of hydrogen-bond donors (Lipinski definition) is 0. The van der Waals surface area contributed by atoms with Crippen LogP contribution in [0.4, 0.5) is 0 Å². The monoisotopic (exact) mass is 238 g/mol. The second-order valence-corrected chi connectivity index (χ2v) is 4.90. The van der Waals surface area contributed by atoms with Gasteiger partial charge in [-0.3, -0.25) is 0 Å². The quantitative estimate of drug-likeness (QED) is 0.413. The normalized spacial score (nSPS) is 20.8. The van der Waals surface area contributed by atoms with Crippen LogP contribution in [-0.4, -0.2) is 12.7 Å². The summed E-state index contributed by atoms with van der Waals surface area (Å²) >= 11 is 6.40. The number of ether oxygens (including phenoxy) is 1. The Hall–Kier alpha value is -0.530. The smallest absolute Gasteiger partial charge is 0.101 e. The lowest BCUT2D eigenvalue weighted by atomic mass is 9.98. The molecule has 88 valence electrons. The Balaban J connectivity index is 2.04. The molecule has 2 unspecified atom stereocenters. The molecule has 0 spiro atoms. The van der Waals surface area contributed by atoms with Crippen LogP contribution in [0.3, 0.4) is 0 Å². The van der Waals surface area contributed by atoms with Gasteiger partial charge in [-0.1, -0.05) is 44.0 Å². The van der Waals surface area contributed by atoms with Crippen molar-refractivity contribution in [1.29, 1.82) is 0 Å². The van der Waals surface area contributed by atoms with Crippen LogP contribution in [0, 0.1) is 0 Å². The Morgan fingerprint density at radius 3 is 2.81 bits per heavy atom. The number of aryl methyl sites for hydroxylation is 1. The number of halogens is 1. The van der Waals surface area contributed by atoms with Crippen LogP contribution in [0.25, 0.3) is 0 Å². The van der Waals surface area contributed by atoms with Gasteiger partial charge in [-0.15, -0.1) is 11.6 Å². The van der Waals surface area contributed by atoms with Gasteiger partial charge in [0.1, 0.15) is 6.10 Å². The zero-order valence-corrected chi connectivity index (χ0v) is 10.5. The van der Waals surface area contributed by atoms with E-state index in [4.69, 9.17) is 16.3 Å². The van der Waals surface area contributed by atoms with Crippen molar-refractivity contribution in [3.8, 4) is 0 Å². The third kappa shape index (κ3) is 2.99. The van der Waals surface area contributed by atoms with Crippen LogP contribution in [0.2, 0.25) is 0 Å². The summed E-state index contributed by atoms with van der Waals surface area (Å²) in [6.45, 7) is 3.05. The van der Waals surface area contributed by atoms with Crippen molar-refractivity contribution in [3.05, 3.63) is 35.4 Å². The van der Waals surface area contributed by atoms with Gasteiger partial charge < -0.3 is 4.74 Å².